The van der Waals surface area contributed by atoms with Crippen molar-refractivity contribution in [3.8, 4) is 5.75 Å². The molecule has 0 heterocycles. The molecule has 0 aliphatic rings. The lowest BCUT2D eigenvalue weighted by atomic mass is 10.3. The highest BCUT2D eigenvalue weighted by atomic mass is 32.2. The number of sulfonamides is 1. The fourth-order valence-electron chi connectivity index (χ4n) is 1.52. The van der Waals surface area contributed by atoms with Crippen LogP contribution in [0.25, 0.3) is 0 Å². The summed E-state index contributed by atoms with van der Waals surface area (Å²) in [4.78, 5) is 0. The summed E-state index contributed by atoms with van der Waals surface area (Å²) in [6, 6.07) is 6.89. The molecule has 0 spiro atoms. The molecule has 1 aromatic rings. The Hall–Kier alpha value is -1.27. The fourth-order valence-corrected chi connectivity index (χ4v) is 2.54. The molecule has 0 aromatic heterocycles. The van der Waals surface area contributed by atoms with Gasteiger partial charge in [-0.1, -0.05) is 6.92 Å². The third-order valence-corrected chi connectivity index (χ3v) is 3.70. The molecule has 0 fully saturated rings. The van der Waals surface area contributed by atoms with Crippen LogP contribution in [0, 0.1) is 0 Å². The molecule has 0 radical (unpaired) electrons. The molecule has 5 nitrogen and oxygen atoms in total. The van der Waals surface area contributed by atoms with Gasteiger partial charge in [0.2, 0.25) is 10.0 Å². The van der Waals surface area contributed by atoms with Crippen LogP contribution in [0.3, 0.4) is 0 Å². The molecule has 0 bridgehead atoms. The molecule has 0 amide bonds. The van der Waals surface area contributed by atoms with Gasteiger partial charge in [-0.15, -0.1) is 0 Å². The summed E-state index contributed by atoms with van der Waals surface area (Å²) in [5.74, 6) is 0.801. The molecule has 0 aliphatic heterocycles. The monoisotopic (exact) mass is 286 g/mol. The zero-order valence-corrected chi connectivity index (χ0v) is 12.3. The third-order valence-electron chi connectivity index (χ3n) is 2.41. The molecule has 1 rings (SSSR count). The van der Waals surface area contributed by atoms with Crippen molar-refractivity contribution >= 4 is 15.7 Å². The molecule has 0 saturated carbocycles. The Morgan fingerprint density at radius 1 is 1.11 bits per heavy atom. The third kappa shape index (κ3) is 6.45. The smallest absolute Gasteiger partial charge is 0.233 e. The Morgan fingerprint density at radius 3 is 2.37 bits per heavy atom. The lowest BCUT2D eigenvalue weighted by Gasteiger charge is -2.09. The van der Waals surface area contributed by atoms with E-state index in [1.165, 1.54) is 0 Å². The topological polar surface area (TPSA) is 67.4 Å². The van der Waals surface area contributed by atoms with Gasteiger partial charge in [-0.25, -0.2) is 8.42 Å². The van der Waals surface area contributed by atoms with Crippen LogP contribution >= 0.6 is 0 Å². The molecule has 0 aliphatic carbocycles. The minimum absolute atomic E-state index is 0.0697. The largest absolute Gasteiger partial charge is 0.494 e. The quantitative estimate of drug-likeness (QED) is 0.680. The zero-order valence-electron chi connectivity index (χ0n) is 11.5. The van der Waals surface area contributed by atoms with Gasteiger partial charge in [0.05, 0.1) is 12.4 Å². The molecule has 6 heteroatoms. The molecule has 0 atom stereocenters. The van der Waals surface area contributed by atoms with Gasteiger partial charge in [0, 0.05) is 12.2 Å². The number of benzene rings is 1. The molecular formula is C13H22N2O3S. The van der Waals surface area contributed by atoms with Crippen LogP contribution in [0.5, 0.6) is 5.75 Å². The van der Waals surface area contributed by atoms with Crippen molar-refractivity contribution in [3.05, 3.63) is 24.3 Å². The van der Waals surface area contributed by atoms with Crippen molar-refractivity contribution in [1.29, 1.82) is 0 Å². The van der Waals surface area contributed by atoms with Gasteiger partial charge in [0.1, 0.15) is 5.75 Å². The van der Waals surface area contributed by atoms with E-state index in [0.717, 1.165) is 18.7 Å². The Balaban J connectivity index is 2.48. The van der Waals surface area contributed by atoms with E-state index < -0.39 is 10.0 Å². The highest BCUT2D eigenvalue weighted by molar-refractivity contribution is 7.92. The van der Waals surface area contributed by atoms with Gasteiger partial charge >= 0.3 is 0 Å². The second-order valence-electron chi connectivity index (χ2n) is 4.13. The van der Waals surface area contributed by atoms with E-state index >= 15 is 0 Å². The highest BCUT2D eigenvalue weighted by Crippen LogP contribution is 2.16. The predicted octanol–water partition coefficient (Wildman–Crippen LogP) is 1.83. The fraction of sp³-hybridized carbons (Fsp3) is 0.538. The maximum Gasteiger partial charge on any atom is 0.233 e. The second kappa shape index (κ2) is 8.01. The summed E-state index contributed by atoms with van der Waals surface area (Å²) >= 11 is 0. The zero-order chi connectivity index (χ0) is 14.1. The summed E-state index contributed by atoms with van der Waals surface area (Å²) in [7, 11) is -3.29. The van der Waals surface area contributed by atoms with E-state index in [9.17, 15) is 8.42 Å². The second-order valence-corrected chi connectivity index (χ2v) is 5.97. The number of ether oxygens (including phenoxy) is 1. The van der Waals surface area contributed by atoms with Crippen LogP contribution in [0.4, 0.5) is 5.69 Å². The Morgan fingerprint density at radius 2 is 1.79 bits per heavy atom. The minimum Gasteiger partial charge on any atom is -0.494 e. The number of rotatable bonds is 9. The van der Waals surface area contributed by atoms with Crippen molar-refractivity contribution in [3.63, 3.8) is 0 Å². The summed E-state index contributed by atoms with van der Waals surface area (Å²) in [6.45, 7) is 5.83. The van der Waals surface area contributed by atoms with E-state index in [1.54, 1.807) is 24.3 Å². The first-order valence-electron chi connectivity index (χ1n) is 6.51. The summed E-state index contributed by atoms with van der Waals surface area (Å²) < 4.78 is 31.4. The number of anilines is 1. The predicted molar refractivity (Wildman–Crippen MR) is 78.2 cm³/mol. The van der Waals surface area contributed by atoms with Crippen molar-refractivity contribution in [1.82, 2.24) is 5.32 Å². The average Bonchev–Trinajstić information content (AvgIpc) is 2.37. The molecule has 0 saturated heterocycles. The van der Waals surface area contributed by atoms with E-state index in [1.807, 2.05) is 13.8 Å². The molecule has 0 unspecified atom stereocenters. The average molecular weight is 286 g/mol. The van der Waals surface area contributed by atoms with Crippen molar-refractivity contribution in [2.75, 3.05) is 30.2 Å². The molecule has 2 N–H and O–H groups in total. The molecule has 1 aromatic carbocycles. The van der Waals surface area contributed by atoms with Crippen molar-refractivity contribution < 1.29 is 13.2 Å². The van der Waals surface area contributed by atoms with E-state index in [2.05, 4.69) is 10.0 Å². The van der Waals surface area contributed by atoms with E-state index in [0.29, 0.717) is 18.8 Å². The Kier molecular flexibility index (Phi) is 6.66. The van der Waals surface area contributed by atoms with Gasteiger partial charge < -0.3 is 10.1 Å². The van der Waals surface area contributed by atoms with Crippen LogP contribution in [0.2, 0.25) is 0 Å². The van der Waals surface area contributed by atoms with Crippen LogP contribution < -0.4 is 14.8 Å². The first kappa shape index (κ1) is 15.8. The number of hydrogen-bond donors (Lipinski definition) is 2. The van der Waals surface area contributed by atoms with Gasteiger partial charge in [-0.3, -0.25) is 4.72 Å². The first-order chi connectivity index (χ1) is 9.07. The molecular weight excluding hydrogens is 264 g/mol. The maximum absolute atomic E-state index is 11.8. The molecule has 108 valence electrons. The standard InChI is InChI=1S/C13H22N2O3S/c1-3-9-14-10-11-19(16,17)15-12-5-7-13(8-6-12)18-4-2/h5-8,14-15H,3-4,9-11H2,1-2H3. The first-order valence-corrected chi connectivity index (χ1v) is 8.16. The highest BCUT2D eigenvalue weighted by Gasteiger charge is 2.09. The lowest BCUT2D eigenvalue weighted by molar-refractivity contribution is 0.340. The van der Waals surface area contributed by atoms with Crippen molar-refractivity contribution in [2.45, 2.75) is 20.3 Å². The van der Waals surface area contributed by atoms with Crippen LogP contribution in [0.1, 0.15) is 20.3 Å². The van der Waals surface area contributed by atoms with Gasteiger partial charge in [-0.05, 0) is 44.2 Å². The lowest BCUT2D eigenvalue weighted by Crippen LogP contribution is -2.27. The van der Waals surface area contributed by atoms with Gasteiger partial charge in [0.15, 0.2) is 0 Å². The SMILES string of the molecule is CCCNCCS(=O)(=O)Nc1ccc(OCC)cc1. The number of hydrogen-bond acceptors (Lipinski definition) is 4. The number of nitrogens with one attached hydrogen (secondary N) is 2. The van der Waals surface area contributed by atoms with Gasteiger partial charge in [0.25, 0.3) is 0 Å². The molecule has 19 heavy (non-hydrogen) atoms. The summed E-state index contributed by atoms with van der Waals surface area (Å²) in [5.41, 5.74) is 0.555. The van der Waals surface area contributed by atoms with E-state index in [4.69, 9.17) is 4.74 Å². The van der Waals surface area contributed by atoms with Crippen LogP contribution in [-0.2, 0) is 10.0 Å². The van der Waals surface area contributed by atoms with Crippen molar-refractivity contribution in [2.24, 2.45) is 0 Å². The van der Waals surface area contributed by atoms with Gasteiger partial charge in [-0.2, -0.15) is 0 Å². The summed E-state index contributed by atoms with van der Waals surface area (Å²) in [6.07, 6.45) is 0.992. The summed E-state index contributed by atoms with van der Waals surface area (Å²) in [5, 5.41) is 3.06. The van der Waals surface area contributed by atoms with E-state index in [-0.39, 0.29) is 5.75 Å². The maximum atomic E-state index is 11.8. The minimum atomic E-state index is -3.29. The van der Waals surface area contributed by atoms with Crippen LogP contribution in [0.15, 0.2) is 24.3 Å². The van der Waals surface area contributed by atoms with Crippen LogP contribution in [-0.4, -0.2) is 33.9 Å². The Bertz CT molecular complexity index is 457. The normalized spacial score (nSPS) is 11.3. The Labute approximate surface area is 115 Å².